The smallest absolute Gasteiger partial charge is 0.306 e. The second kappa shape index (κ2) is 6.15. The monoisotopic (exact) mass is 342 g/mol. The van der Waals surface area contributed by atoms with Gasteiger partial charge in [-0.15, -0.1) is 0 Å². The highest BCUT2D eigenvalue weighted by Crippen LogP contribution is 2.28. The molecule has 1 aromatic heterocycles. The first-order valence-electron chi connectivity index (χ1n) is 8.87. The Balaban J connectivity index is 1.50. The van der Waals surface area contributed by atoms with E-state index in [1.807, 2.05) is 35.8 Å². The third-order valence-corrected chi connectivity index (χ3v) is 5.47. The summed E-state index contributed by atoms with van der Waals surface area (Å²) in [7, 11) is 0. The van der Waals surface area contributed by atoms with Gasteiger partial charge in [-0.3, -0.25) is 24.0 Å². The van der Waals surface area contributed by atoms with Crippen LogP contribution in [0, 0.1) is 0 Å². The van der Waals surface area contributed by atoms with Gasteiger partial charge in [-0.1, -0.05) is 12.1 Å². The zero-order valence-corrected chi connectivity index (χ0v) is 14.3. The van der Waals surface area contributed by atoms with Crippen molar-refractivity contribution in [2.24, 2.45) is 0 Å². The summed E-state index contributed by atoms with van der Waals surface area (Å²) < 4.78 is 1.84. The average Bonchev–Trinajstić information content (AvgIpc) is 3.10. The molecule has 0 unspecified atom stereocenters. The molecule has 0 saturated carbocycles. The Labute approximate surface area is 145 Å². The summed E-state index contributed by atoms with van der Waals surface area (Å²) in [6, 6.07) is 7.50. The van der Waals surface area contributed by atoms with Gasteiger partial charge in [0.25, 0.3) is 0 Å². The molecule has 1 atom stereocenters. The van der Waals surface area contributed by atoms with Gasteiger partial charge in [0.05, 0.1) is 23.5 Å². The molecule has 4 rings (SSSR count). The van der Waals surface area contributed by atoms with Crippen LogP contribution < -0.4 is 5.69 Å². The molecule has 2 aliphatic rings. The van der Waals surface area contributed by atoms with E-state index in [0.717, 1.165) is 37.0 Å². The Morgan fingerprint density at radius 1 is 1.12 bits per heavy atom. The normalized spacial score (nSPS) is 23.1. The third-order valence-electron chi connectivity index (χ3n) is 5.47. The van der Waals surface area contributed by atoms with Gasteiger partial charge in [0, 0.05) is 25.7 Å². The summed E-state index contributed by atoms with van der Waals surface area (Å²) >= 11 is 0. The summed E-state index contributed by atoms with van der Waals surface area (Å²) in [5.74, 6) is -0.150. The molecule has 7 nitrogen and oxygen atoms in total. The minimum atomic E-state index is -0.326. The molecule has 132 valence electrons. The summed E-state index contributed by atoms with van der Waals surface area (Å²) in [4.78, 5) is 43.0. The summed E-state index contributed by atoms with van der Waals surface area (Å²) in [5, 5.41) is 0. The number of piperidine rings is 1. The predicted octanol–water partition coefficient (Wildman–Crippen LogP) is 1.11. The minimum absolute atomic E-state index is 0.0739. The van der Waals surface area contributed by atoms with Crippen LogP contribution in [0.25, 0.3) is 11.0 Å². The van der Waals surface area contributed by atoms with Crippen LogP contribution in [0.3, 0.4) is 0 Å². The van der Waals surface area contributed by atoms with Crippen LogP contribution >= 0.6 is 0 Å². The SMILES string of the molecule is CCN1C(=O)C[C@@H](N2CCC(n3c(=O)[nH]c4ccccc43)CC2)C1=O. The number of nitrogens with one attached hydrogen (secondary N) is 1. The quantitative estimate of drug-likeness (QED) is 0.848. The van der Waals surface area contributed by atoms with Gasteiger partial charge in [-0.05, 0) is 31.9 Å². The van der Waals surface area contributed by atoms with E-state index >= 15 is 0 Å². The van der Waals surface area contributed by atoms with Crippen LogP contribution in [-0.4, -0.2) is 56.8 Å². The van der Waals surface area contributed by atoms with Crippen molar-refractivity contribution in [1.82, 2.24) is 19.4 Å². The number of likely N-dealkylation sites (N-methyl/N-ethyl adjacent to an activating group) is 1. The number of aromatic amines is 1. The van der Waals surface area contributed by atoms with E-state index in [1.165, 1.54) is 4.90 Å². The highest BCUT2D eigenvalue weighted by molar-refractivity contribution is 6.05. The Morgan fingerprint density at radius 3 is 2.52 bits per heavy atom. The number of carbonyl (C=O) groups excluding carboxylic acids is 2. The third kappa shape index (κ3) is 2.59. The first-order valence-corrected chi connectivity index (χ1v) is 8.87. The molecule has 0 radical (unpaired) electrons. The molecule has 1 aromatic carbocycles. The number of likely N-dealkylation sites (tertiary alicyclic amines) is 2. The average molecular weight is 342 g/mol. The summed E-state index contributed by atoms with van der Waals surface area (Å²) in [6.45, 7) is 3.71. The van der Waals surface area contributed by atoms with Gasteiger partial charge in [-0.2, -0.15) is 0 Å². The Hall–Kier alpha value is -2.41. The topological polar surface area (TPSA) is 78.4 Å². The minimum Gasteiger partial charge on any atom is -0.306 e. The van der Waals surface area contributed by atoms with E-state index in [9.17, 15) is 14.4 Å². The second-order valence-electron chi connectivity index (χ2n) is 6.78. The number of aromatic nitrogens is 2. The van der Waals surface area contributed by atoms with Crippen molar-refractivity contribution in [2.75, 3.05) is 19.6 Å². The maximum absolute atomic E-state index is 12.4. The maximum Gasteiger partial charge on any atom is 0.326 e. The molecule has 25 heavy (non-hydrogen) atoms. The van der Waals surface area contributed by atoms with E-state index in [4.69, 9.17) is 0 Å². The van der Waals surface area contributed by atoms with Crippen LogP contribution in [0.2, 0.25) is 0 Å². The number of amides is 2. The van der Waals surface area contributed by atoms with Crippen LogP contribution in [0.5, 0.6) is 0 Å². The lowest BCUT2D eigenvalue weighted by Crippen LogP contribution is -2.46. The molecule has 2 aliphatic heterocycles. The van der Waals surface area contributed by atoms with Crippen LogP contribution in [0.15, 0.2) is 29.1 Å². The van der Waals surface area contributed by atoms with Gasteiger partial charge in [0.15, 0.2) is 0 Å². The lowest BCUT2D eigenvalue weighted by atomic mass is 10.0. The Bertz CT molecular complexity index is 876. The lowest BCUT2D eigenvalue weighted by molar-refractivity contribution is -0.139. The van der Waals surface area contributed by atoms with E-state index in [1.54, 1.807) is 0 Å². The van der Waals surface area contributed by atoms with Crippen molar-refractivity contribution in [3.8, 4) is 0 Å². The fraction of sp³-hybridized carbons (Fsp3) is 0.500. The number of H-pyrrole nitrogens is 1. The van der Waals surface area contributed by atoms with E-state index in [2.05, 4.69) is 9.88 Å². The molecule has 1 N–H and O–H groups in total. The number of para-hydroxylation sites is 2. The molecule has 2 aromatic rings. The van der Waals surface area contributed by atoms with Crippen molar-refractivity contribution >= 4 is 22.8 Å². The number of carbonyl (C=O) groups is 2. The number of imidazole rings is 1. The zero-order valence-electron chi connectivity index (χ0n) is 14.3. The largest absolute Gasteiger partial charge is 0.326 e. The van der Waals surface area contributed by atoms with E-state index in [-0.39, 0.29) is 36.0 Å². The van der Waals surface area contributed by atoms with Crippen LogP contribution in [0.4, 0.5) is 0 Å². The molecule has 0 spiro atoms. The molecular formula is C18H22N4O3. The standard InChI is InChI=1S/C18H22N4O3/c1-2-21-16(23)11-15(17(21)24)20-9-7-12(8-10-20)22-14-6-4-3-5-13(14)19-18(22)25/h3-6,12,15H,2,7-11H2,1H3,(H,19,25)/t15-/m1/s1. The van der Waals surface area contributed by atoms with Gasteiger partial charge >= 0.3 is 5.69 Å². The number of benzene rings is 1. The lowest BCUT2D eigenvalue weighted by Gasteiger charge is -2.35. The fourth-order valence-corrected chi connectivity index (χ4v) is 4.18. The van der Waals surface area contributed by atoms with Crippen LogP contribution in [-0.2, 0) is 9.59 Å². The number of nitrogens with zero attached hydrogens (tertiary/aromatic N) is 3. The van der Waals surface area contributed by atoms with Crippen molar-refractivity contribution < 1.29 is 9.59 Å². The number of hydrogen-bond donors (Lipinski definition) is 1. The molecule has 2 fully saturated rings. The van der Waals surface area contributed by atoms with Gasteiger partial charge < -0.3 is 4.98 Å². The van der Waals surface area contributed by atoms with Crippen molar-refractivity contribution in [3.63, 3.8) is 0 Å². The van der Waals surface area contributed by atoms with Crippen LogP contribution in [0.1, 0.15) is 32.2 Å². The van der Waals surface area contributed by atoms with E-state index in [0.29, 0.717) is 6.54 Å². The van der Waals surface area contributed by atoms with Crippen molar-refractivity contribution in [3.05, 3.63) is 34.7 Å². The molecule has 2 saturated heterocycles. The number of rotatable bonds is 3. The first kappa shape index (κ1) is 16.1. The van der Waals surface area contributed by atoms with Gasteiger partial charge in [0.2, 0.25) is 11.8 Å². The molecule has 2 amide bonds. The van der Waals surface area contributed by atoms with E-state index < -0.39 is 0 Å². The molecule has 0 aliphatic carbocycles. The highest BCUT2D eigenvalue weighted by Gasteiger charge is 2.42. The predicted molar refractivity (Wildman–Crippen MR) is 93.2 cm³/mol. The highest BCUT2D eigenvalue weighted by atomic mass is 16.2. The maximum atomic E-state index is 12.4. The Morgan fingerprint density at radius 2 is 1.84 bits per heavy atom. The molecular weight excluding hydrogens is 320 g/mol. The fourth-order valence-electron chi connectivity index (χ4n) is 4.18. The number of imide groups is 1. The summed E-state index contributed by atoms with van der Waals surface area (Å²) in [5.41, 5.74) is 1.70. The van der Waals surface area contributed by atoms with Crippen molar-refractivity contribution in [1.29, 1.82) is 0 Å². The number of hydrogen-bond acceptors (Lipinski definition) is 4. The van der Waals surface area contributed by atoms with Gasteiger partial charge in [-0.25, -0.2) is 4.79 Å². The van der Waals surface area contributed by atoms with Gasteiger partial charge in [0.1, 0.15) is 0 Å². The Kier molecular flexibility index (Phi) is 3.95. The second-order valence-corrected chi connectivity index (χ2v) is 6.78. The first-order chi connectivity index (χ1) is 12.1. The molecule has 3 heterocycles. The zero-order chi connectivity index (χ0) is 17.6. The molecule has 0 bridgehead atoms. The molecule has 7 heteroatoms. The summed E-state index contributed by atoms with van der Waals surface area (Å²) in [6.07, 6.45) is 1.88. The van der Waals surface area contributed by atoms with Crippen molar-refractivity contribution in [2.45, 2.75) is 38.3 Å². The number of fused-ring (bicyclic) bond motifs is 1.